The lowest BCUT2D eigenvalue weighted by Gasteiger charge is -2.47. The van der Waals surface area contributed by atoms with Gasteiger partial charge in [0.15, 0.2) is 17.1 Å². The summed E-state index contributed by atoms with van der Waals surface area (Å²) in [6.07, 6.45) is -7.42. The van der Waals surface area contributed by atoms with Gasteiger partial charge < -0.3 is 10.0 Å². The van der Waals surface area contributed by atoms with Crippen molar-refractivity contribution < 1.29 is 36.4 Å². The molecule has 0 amide bonds. The highest BCUT2D eigenvalue weighted by atomic mass is 19.4. The molecule has 1 aliphatic rings. The summed E-state index contributed by atoms with van der Waals surface area (Å²) in [6, 6.07) is 10.0. The van der Waals surface area contributed by atoms with E-state index >= 15 is 0 Å². The van der Waals surface area contributed by atoms with Gasteiger partial charge in [-0.15, -0.1) is 0 Å². The molecule has 1 N–H and O–H groups in total. The largest absolute Gasteiger partial charge is 0.420 e. The number of rotatable bonds is 6. The number of halogens is 6. The minimum Gasteiger partial charge on any atom is -0.378 e. The van der Waals surface area contributed by atoms with Crippen LogP contribution in [0.25, 0.3) is 22.3 Å². The summed E-state index contributed by atoms with van der Waals surface area (Å²) in [7, 11) is 0. The minimum atomic E-state index is -4.93. The van der Waals surface area contributed by atoms with Crippen LogP contribution < -0.4 is 4.90 Å². The number of anilines is 1. The highest BCUT2D eigenvalue weighted by molar-refractivity contribution is 5.92. The first kappa shape index (κ1) is 25.4. The number of alkyl halides is 6. The van der Waals surface area contributed by atoms with Crippen LogP contribution in [0.1, 0.15) is 5.56 Å². The van der Waals surface area contributed by atoms with E-state index in [9.17, 15) is 41.6 Å². The monoisotopic (exact) mass is 541 g/mol. The molecule has 0 atom stereocenters. The first-order chi connectivity index (χ1) is 17.7. The van der Waals surface area contributed by atoms with E-state index in [-0.39, 0.29) is 34.7 Å². The third-order valence-corrected chi connectivity index (χ3v) is 6.05. The lowest BCUT2D eigenvalue weighted by Crippen LogP contribution is -2.69. The number of hydrogen-bond acceptors (Lipinski definition) is 7. The van der Waals surface area contributed by atoms with Crippen LogP contribution in [0.3, 0.4) is 0 Å². The number of nitro groups is 1. The Balaban J connectivity index is 1.56. The Kier molecular flexibility index (Phi) is 5.81. The second kappa shape index (κ2) is 8.68. The van der Waals surface area contributed by atoms with Crippen LogP contribution in [0.2, 0.25) is 0 Å². The molecule has 5 rings (SSSR count). The van der Waals surface area contributed by atoms with Gasteiger partial charge in [-0.1, -0.05) is 30.3 Å². The van der Waals surface area contributed by atoms with Crippen LogP contribution in [0.5, 0.6) is 0 Å². The van der Waals surface area contributed by atoms with Gasteiger partial charge in [0.2, 0.25) is 0 Å². The summed E-state index contributed by atoms with van der Waals surface area (Å²) in [4.78, 5) is 16.1. The molecule has 0 aliphatic carbocycles. The number of benzene rings is 1. The molecule has 1 aliphatic heterocycles. The van der Waals surface area contributed by atoms with Crippen molar-refractivity contribution in [2.75, 3.05) is 18.0 Å². The molecule has 4 aromatic rings. The van der Waals surface area contributed by atoms with Crippen LogP contribution in [0.15, 0.2) is 48.8 Å². The van der Waals surface area contributed by atoms with E-state index in [0.717, 1.165) is 22.7 Å². The summed E-state index contributed by atoms with van der Waals surface area (Å²) in [5.41, 5.74) is -3.16. The molecule has 3 aromatic heterocycles. The minimum absolute atomic E-state index is 0.0198. The first-order valence-corrected chi connectivity index (χ1v) is 11.0. The normalized spacial score (nSPS) is 15.6. The van der Waals surface area contributed by atoms with Crippen LogP contribution in [-0.2, 0) is 13.1 Å². The molecule has 0 bridgehead atoms. The van der Waals surface area contributed by atoms with E-state index in [1.807, 2.05) is 0 Å². The fraction of sp³-hybridized carbons (Fsp3) is 0.318. The van der Waals surface area contributed by atoms with Gasteiger partial charge in [-0.3, -0.25) is 24.5 Å². The molecule has 1 aromatic carbocycles. The Labute approximate surface area is 208 Å². The van der Waals surface area contributed by atoms with Gasteiger partial charge in [0, 0.05) is 6.20 Å². The van der Waals surface area contributed by atoms with Gasteiger partial charge in [-0.2, -0.15) is 36.5 Å². The highest BCUT2D eigenvalue weighted by Gasteiger charge is 2.61. The Morgan fingerprint density at radius 3 is 2.37 bits per heavy atom. The predicted molar refractivity (Wildman–Crippen MR) is 120 cm³/mol. The molecular formula is C22H17F6N7O3. The molecule has 0 unspecified atom stereocenters. The Hall–Kier alpha value is -4.21. The summed E-state index contributed by atoms with van der Waals surface area (Å²) in [5, 5.41) is 29.5. The fourth-order valence-electron chi connectivity index (χ4n) is 4.20. The molecule has 0 radical (unpaired) electrons. The Morgan fingerprint density at radius 2 is 1.76 bits per heavy atom. The SMILES string of the molecule is O=[N+]([O-])c1cn(Cc2ccccc2)nc1-c1cc2c(cn1)c(N1CC(O)(C(F)(F)F)C1)nn2CC(F)(F)F. The molecule has 4 heterocycles. The number of fused-ring (bicyclic) bond motifs is 1. The quantitative estimate of drug-likeness (QED) is 0.224. The number of aromatic nitrogens is 5. The van der Waals surface area contributed by atoms with E-state index in [1.54, 1.807) is 30.3 Å². The summed E-state index contributed by atoms with van der Waals surface area (Å²) in [6.45, 7) is -3.25. The van der Waals surface area contributed by atoms with Gasteiger partial charge in [0.05, 0.1) is 41.2 Å². The molecule has 1 fully saturated rings. The van der Waals surface area contributed by atoms with Gasteiger partial charge in [-0.25, -0.2) is 0 Å². The van der Waals surface area contributed by atoms with E-state index in [4.69, 9.17) is 0 Å². The number of nitrogens with zero attached hydrogens (tertiary/aromatic N) is 7. The van der Waals surface area contributed by atoms with Crippen LogP contribution in [0.4, 0.5) is 37.8 Å². The highest BCUT2D eigenvalue weighted by Crippen LogP contribution is 2.42. The Morgan fingerprint density at radius 1 is 1.08 bits per heavy atom. The third-order valence-electron chi connectivity index (χ3n) is 6.05. The van der Waals surface area contributed by atoms with Crippen molar-refractivity contribution in [3.8, 4) is 11.4 Å². The molecule has 10 nitrogen and oxygen atoms in total. The van der Waals surface area contributed by atoms with Crippen molar-refractivity contribution in [3.63, 3.8) is 0 Å². The average molecular weight is 541 g/mol. The Bertz CT molecular complexity index is 1510. The maximum atomic E-state index is 13.3. The van der Waals surface area contributed by atoms with Gasteiger partial charge in [0.1, 0.15) is 12.7 Å². The van der Waals surface area contributed by atoms with Crippen molar-refractivity contribution in [2.45, 2.75) is 31.0 Å². The van der Waals surface area contributed by atoms with Crippen molar-refractivity contribution in [3.05, 3.63) is 64.5 Å². The maximum absolute atomic E-state index is 13.3. The zero-order valence-corrected chi connectivity index (χ0v) is 19.1. The number of β-amino-alcohol motifs (C(OH)–C–C–N with tert-alkyl or cyclic N) is 1. The van der Waals surface area contributed by atoms with E-state index < -0.39 is 48.2 Å². The zero-order valence-electron chi connectivity index (χ0n) is 19.1. The zero-order chi connectivity index (χ0) is 27.5. The molecular weight excluding hydrogens is 524 g/mol. The summed E-state index contributed by atoms with van der Waals surface area (Å²) in [5.74, 6) is -0.235. The fourth-order valence-corrected chi connectivity index (χ4v) is 4.20. The summed E-state index contributed by atoms with van der Waals surface area (Å²) >= 11 is 0. The third kappa shape index (κ3) is 4.62. The molecule has 16 heteroatoms. The van der Waals surface area contributed by atoms with Crippen LogP contribution >= 0.6 is 0 Å². The smallest absolute Gasteiger partial charge is 0.378 e. The average Bonchev–Trinajstić information content (AvgIpc) is 3.37. The second-order valence-corrected chi connectivity index (χ2v) is 8.87. The lowest BCUT2D eigenvalue weighted by molar-refractivity contribution is -0.384. The molecule has 200 valence electrons. The van der Waals surface area contributed by atoms with Gasteiger partial charge >= 0.3 is 18.0 Å². The van der Waals surface area contributed by atoms with E-state index in [1.165, 1.54) is 10.9 Å². The number of aliphatic hydroxyl groups is 1. The molecule has 0 saturated carbocycles. The van der Waals surface area contributed by atoms with Crippen LogP contribution in [-0.4, -0.2) is 65.6 Å². The van der Waals surface area contributed by atoms with Crippen molar-refractivity contribution in [1.29, 1.82) is 0 Å². The summed E-state index contributed by atoms with van der Waals surface area (Å²) < 4.78 is 80.9. The molecule has 0 spiro atoms. The van der Waals surface area contributed by atoms with Crippen LogP contribution in [0, 0.1) is 10.1 Å². The first-order valence-electron chi connectivity index (χ1n) is 11.0. The van der Waals surface area contributed by atoms with Crippen molar-refractivity contribution >= 4 is 22.4 Å². The van der Waals surface area contributed by atoms with Gasteiger partial charge in [0.25, 0.3) is 0 Å². The topological polar surface area (TPSA) is 115 Å². The van der Waals surface area contributed by atoms with Crippen molar-refractivity contribution in [2.24, 2.45) is 0 Å². The second-order valence-electron chi connectivity index (χ2n) is 8.87. The van der Waals surface area contributed by atoms with Gasteiger partial charge in [-0.05, 0) is 11.6 Å². The lowest BCUT2D eigenvalue weighted by atomic mass is 9.93. The molecule has 38 heavy (non-hydrogen) atoms. The van der Waals surface area contributed by atoms with Crippen molar-refractivity contribution in [1.82, 2.24) is 24.5 Å². The number of pyridine rings is 1. The van der Waals surface area contributed by atoms with E-state index in [2.05, 4.69) is 15.2 Å². The predicted octanol–water partition coefficient (Wildman–Crippen LogP) is 3.93. The van der Waals surface area contributed by atoms with E-state index in [0.29, 0.717) is 4.68 Å². The maximum Gasteiger partial charge on any atom is 0.420 e. The standard InChI is InChI=1S/C22H17F6N7O3/c23-21(24,25)12-34-16-6-15(18-17(35(37)38)9-33(30-18)8-13-4-2-1-3-5-13)29-7-14(16)19(31-34)32-10-20(36,11-32)22(26,27)28/h1-7,9,36H,8,10-12H2. The molecule has 1 saturated heterocycles. The number of hydrogen-bond donors (Lipinski definition) is 1.